The Bertz CT molecular complexity index is 1000. The van der Waals surface area contributed by atoms with Gasteiger partial charge in [-0.1, -0.05) is 30.3 Å². The molecule has 6 nitrogen and oxygen atoms in total. The molecule has 144 valence electrons. The summed E-state index contributed by atoms with van der Waals surface area (Å²) in [5, 5.41) is 4.25. The lowest BCUT2D eigenvalue weighted by atomic mass is 10.0. The summed E-state index contributed by atoms with van der Waals surface area (Å²) in [5.41, 5.74) is 3.05. The van der Waals surface area contributed by atoms with Crippen LogP contribution >= 0.6 is 0 Å². The molecule has 0 spiro atoms. The average Bonchev–Trinajstić information content (AvgIpc) is 2.77. The highest BCUT2D eigenvalue weighted by atomic mass is 16.5. The van der Waals surface area contributed by atoms with Crippen LogP contribution in [0.2, 0.25) is 0 Å². The number of carbonyl (C=O) groups is 1. The van der Waals surface area contributed by atoms with Gasteiger partial charge in [0.2, 0.25) is 0 Å². The highest BCUT2D eigenvalue weighted by molar-refractivity contribution is 5.96. The van der Waals surface area contributed by atoms with Gasteiger partial charge in [-0.05, 0) is 18.2 Å². The smallest absolute Gasteiger partial charge is 0.166 e. The third kappa shape index (κ3) is 3.32. The fourth-order valence-electron chi connectivity index (χ4n) is 3.65. The molecule has 3 aromatic rings. The molecule has 1 N–H and O–H groups in total. The predicted octanol–water partition coefficient (Wildman–Crippen LogP) is 3.47. The minimum atomic E-state index is -0.280. The summed E-state index contributed by atoms with van der Waals surface area (Å²) >= 11 is 0. The van der Waals surface area contributed by atoms with Crippen molar-refractivity contribution in [2.75, 3.05) is 27.3 Å². The van der Waals surface area contributed by atoms with E-state index in [9.17, 15) is 4.79 Å². The normalized spacial score (nSPS) is 19.4. The SMILES string of the molecule is COc1cccc(C2CNCC(c3cc(C=O)c4ccccc4n3)O2)c1OC. The second kappa shape index (κ2) is 7.96. The van der Waals surface area contributed by atoms with E-state index in [4.69, 9.17) is 19.2 Å². The molecule has 2 atom stereocenters. The Morgan fingerprint density at radius 1 is 1.07 bits per heavy atom. The summed E-state index contributed by atoms with van der Waals surface area (Å²) in [6.07, 6.45) is 0.363. The largest absolute Gasteiger partial charge is 0.493 e. The molecule has 2 aromatic carbocycles. The average molecular weight is 378 g/mol. The van der Waals surface area contributed by atoms with E-state index in [1.807, 2.05) is 48.5 Å². The number of carbonyl (C=O) groups excluding carboxylic acids is 1. The van der Waals surface area contributed by atoms with E-state index < -0.39 is 0 Å². The van der Waals surface area contributed by atoms with Crippen molar-refractivity contribution in [3.63, 3.8) is 0 Å². The zero-order valence-electron chi connectivity index (χ0n) is 15.8. The van der Waals surface area contributed by atoms with Crippen LogP contribution in [0.3, 0.4) is 0 Å². The van der Waals surface area contributed by atoms with Crippen LogP contribution in [0.1, 0.15) is 33.8 Å². The van der Waals surface area contributed by atoms with Gasteiger partial charge < -0.3 is 19.5 Å². The Kier molecular flexibility index (Phi) is 5.23. The highest BCUT2D eigenvalue weighted by Gasteiger charge is 2.29. The van der Waals surface area contributed by atoms with Crippen LogP contribution in [0.25, 0.3) is 10.9 Å². The number of para-hydroxylation sites is 2. The summed E-state index contributed by atoms with van der Waals surface area (Å²) in [6, 6.07) is 15.2. The van der Waals surface area contributed by atoms with Crippen molar-refractivity contribution >= 4 is 17.2 Å². The maximum absolute atomic E-state index is 11.6. The van der Waals surface area contributed by atoms with Crippen molar-refractivity contribution in [2.45, 2.75) is 12.2 Å². The van der Waals surface area contributed by atoms with Gasteiger partial charge in [-0.3, -0.25) is 4.79 Å². The van der Waals surface area contributed by atoms with E-state index in [1.54, 1.807) is 14.2 Å². The zero-order chi connectivity index (χ0) is 19.5. The Morgan fingerprint density at radius 3 is 2.68 bits per heavy atom. The van der Waals surface area contributed by atoms with E-state index in [0.29, 0.717) is 30.2 Å². The molecule has 2 heterocycles. The molecule has 1 aliphatic heterocycles. The number of ether oxygens (including phenoxy) is 3. The van der Waals surface area contributed by atoms with Crippen LogP contribution < -0.4 is 14.8 Å². The topological polar surface area (TPSA) is 69.7 Å². The molecule has 2 unspecified atom stereocenters. The molecule has 0 amide bonds. The van der Waals surface area contributed by atoms with E-state index >= 15 is 0 Å². The van der Waals surface area contributed by atoms with Crippen molar-refractivity contribution in [1.82, 2.24) is 10.3 Å². The van der Waals surface area contributed by atoms with Crippen molar-refractivity contribution in [3.8, 4) is 11.5 Å². The van der Waals surface area contributed by atoms with Gasteiger partial charge in [0.1, 0.15) is 6.10 Å². The van der Waals surface area contributed by atoms with Gasteiger partial charge in [0.25, 0.3) is 0 Å². The van der Waals surface area contributed by atoms with Gasteiger partial charge >= 0.3 is 0 Å². The molecular weight excluding hydrogens is 356 g/mol. The van der Waals surface area contributed by atoms with Gasteiger partial charge in [-0.25, -0.2) is 4.98 Å². The maximum Gasteiger partial charge on any atom is 0.166 e. The molecule has 0 radical (unpaired) electrons. The molecule has 0 saturated carbocycles. The fourth-order valence-corrected chi connectivity index (χ4v) is 3.65. The van der Waals surface area contributed by atoms with Crippen molar-refractivity contribution in [3.05, 3.63) is 65.4 Å². The molecular formula is C22H22N2O4. The van der Waals surface area contributed by atoms with Crippen LogP contribution in [-0.2, 0) is 4.74 Å². The standard InChI is InChI=1S/C22H22N2O4/c1-26-19-9-5-7-16(22(19)27-2)20-11-23-12-21(28-20)18-10-14(13-25)15-6-3-4-8-17(15)24-18/h3-10,13,20-21,23H,11-12H2,1-2H3. The molecule has 4 rings (SSSR count). The predicted molar refractivity (Wildman–Crippen MR) is 106 cm³/mol. The molecule has 1 aromatic heterocycles. The zero-order valence-corrected chi connectivity index (χ0v) is 15.8. The Hall–Kier alpha value is -2.96. The number of fused-ring (bicyclic) bond motifs is 1. The van der Waals surface area contributed by atoms with Crippen LogP contribution in [-0.4, -0.2) is 38.6 Å². The van der Waals surface area contributed by atoms with Crippen molar-refractivity contribution < 1.29 is 19.0 Å². The first kappa shape index (κ1) is 18.4. The molecule has 0 bridgehead atoms. The lowest BCUT2D eigenvalue weighted by molar-refractivity contribution is -0.0435. The summed E-state index contributed by atoms with van der Waals surface area (Å²) in [4.78, 5) is 16.3. The molecule has 1 saturated heterocycles. The lowest BCUT2D eigenvalue weighted by Gasteiger charge is -2.32. The number of nitrogens with zero attached hydrogens (tertiary/aromatic N) is 1. The van der Waals surface area contributed by atoms with Crippen molar-refractivity contribution in [2.24, 2.45) is 0 Å². The van der Waals surface area contributed by atoms with E-state index in [1.165, 1.54) is 0 Å². The number of methoxy groups -OCH3 is 2. The third-order valence-corrected chi connectivity index (χ3v) is 4.99. The molecule has 0 aliphatic carbocycles. The fraction of sp³-hybridized carbons (Fsp3) is 0.273. The number of morpholine rings is 1. The second-order valence-electron chi connectivity index (χ2n) is 6.63. The van der Waals surface area contributed by atoms with Gasteiger partial charge in [0.05, 0.1) is 31.5 Å². The van der Waals surface area contributed by atoms with E-state index in [0.717, 1.165) is 28.4 Å². The first-order chi connectivity index (χ1) is 13.7. The molecule has 28 heavy (non-hydrogen) atoms. The first-order valence-corrected chi connectivity index (χ1v) is 9.17. The number of pyridine rings is 1. The number of aromatic nitrogens is 1. The van der Waals surface area contributed by atoms with Gasteiger partial charge in [0, 0.05) is 29.6 Å². The summed E-state index contributed by atoms with van der Waals surface area (Å²) < 4.78 is 17.3. The number of nitrogens with one attached hydrogen (secondary N) is 1. The van der Waals surface area contributed by atoms with Crippen LogP contribution in [0, 0.1) is 0 Å². The van der Waals surface area contributed by atoms with Gasteiger partial charge in [-0.2, -0.15) is 0 Å². The Labute approximate surface area is 163 Å². The monoisotopic (exact) mass is 378 g/mol. The van der Waals surface area contributed by atoms with Gasteiger partial charge in [0.15, 0.2) is 17.8 Å². The maximum atomic E-state index is 11.6. The number of benzene rings is 2. The third-order valence-electron chi connectivity index (χ3n) is 4.99. The second-order valence-corrected chi connectivity index (χ2v) is 6.63. The van der Waals surface area contributed by atoms with Crippen LogP contribution in [0.4, 0.5) is 0 Å². The Balaban J connectivity index is 1.68. The molecule has 1 aliphatic rings. The van der Waals surface area contributed by atoms with Crippen molar-refractivity contribution in [1.29, 1.82) is 0 Å². The summed E-state index contributed by atoms with van der Waals surface area (Å²) in [5.74, 6) is 1.33. The number of hydrogen-bond donors (Lipinski definition) is 1. The van der Waals surface area contributed by atoms with Crippen LogP contribution in [0.15, 0.2) is 48.5 Å². The first-order valence-electron chi connectivity index (χ1n) is 9.17. The highest BCUT2D eigenvalue weighted by Crippen LogP contribution is 2.39. The Morgan fingerprint density at radius 2 is 1.89 bits per heavy atom. The molecule has 1 fully saturated rings. The molecule has 6 heteroatoms. The van der Waals surface area contributed by atoms with Crippen LogP contribution in [0.5, 0.6) is 11.5 Å². The number of rotatable bonds is 5. The lowest BCUT2D eigenvalue weighted by Crippen LogP contribution is -2.36. The summed E-state index contributed by atoms with van der Waals surface area (Å²) in [7, 11) is 3.24. The minimum absolute atomic E-state index is 0.225. The number of aldehydes is 1. The van der Waals surface area contributed by atoms with E-state index in [-0.39, 0.29) is 12.2 Å². The summed E-state index contributed by atoms with van der Waals surface area (Å²) in [6.45, 7) is 1.26. The van der Waals surface area contributed by atoms with Gasteiger partial charge in [-0.15, -0.1) is 0 Å². The van der Waals surface area contributed by atoms with E-state index in [2.05, 4.69) is 5.32 Å². The number of hydrogen-bond acceptors (Lipinski definition) is 6. The quantitative estimate of drug-likeness (QED) is 0.686. The minimum Gasteiger partial charge on any atom is -0.493 e.